The van der Waals surface area contributed by atoms with Crippen LogP contribution in [0.3, 0.4) is 0 Å². The zero-order chi connectivity index (χ0) is 19.0. The van der Waals surface area contributed by atoms with Gasteiger partial charge in [-0.2, -0.15) is 5.10 Å². The maximum Gasteiger partial charge on any atom is 0.277 e. The normalized spacial score (nSPS) is 13.7. The molecule has 1 aliphatic carbocycles. The molecule has 0 bridgehead atoms. The number of nitrogens with zero attached hydrogens (tertiary/aromatic N) is 3. The molecule has 1 amide bonds. The molecule has 0 radical (unpaired) electrons. The van der Waals surface area contributed by atoms with E-state index in [0.717, 1.165) is 42.5 Å². The summed E-state index contributed by atoms with van der Waals surface area (Å²) in [5.74, 6) is -0.0824. The van der Waals surface area contributed by atoms with Gasteiger partial charge in [0.25, 0.3) is 11.5 Å². The zero-order valence-electron chi connectivity index (χ0n) is 15.7. The molecule has 1 aliphatic rings. The van der Waals surface area contributed by atoms with Crippen LogP contribution < -0.4 is 10.9 Å². The van der Waals surface area contributed by atoms with Crippen molar-refractivity contribution in [3.8, 4) is 0 Å². The number of fused-ring (bicyclic) bond motifs is 3. The average molecular weight is 364 g/mol. The van der Waals surface area contributed by atoms with Gasteiger partial charge in [-0.3, -0.25) is 9.59 Å². The first kappa shape index (κ1) is 17.5. The third-order valence-corrected chi connectivity index (χ3v) is 5.02. The van der Waals surface area contributed by atoms with Crippen LogP contribution in [0.1, 0.15) is 53.9 Å². The Kier molecular flexibility index (Phi) is 4.56. The number of amides is 1. The first-order chi connectivity index (χ1) is 13.0. The van der Waals surface area contributed by atoms with Crippen molar-refractivity contribution in [2.75, 3.05) is 0 Å². The Hall–Kier alpha value is -2.89. The van der Waals surface area contributed by atoms with Gasteiger partial charge in [0.15, 0.2) is 0 Å². The van der Waals surface area contributed by atoms with Gasteiger partial charge >= 0.3 is 0 Å². The molecule has 3 aromatic rings. The van der Waals surface area contributed by atoms with Gasteiger partial charge in [0.05, 0.1) is 12.2 Å². The van der Waals surface area contributed by atoms with Gasteiger partial charge in [-0.1, -0.05) is 12.1 Å². The molecule has 1 aromatic carbocycles. The van der Waals surface area contributed by atoms with Gasteiger partial charge in [0.2, 0.25) is 0 Å². The number of carbonyl (C=O) groups excluding carboxylic acids is 1. The van der Waals surface area contributed by atoms with E-state index in [4.69, 9.17) is 0 Å². The third kappa shape index (κ3) is 3.39. The molecule has 2 heterocycles. The third-order valence-electron chi connectivity index (χ3n) is 5.02. The molecule has 0 saturated carbocycles. The molecule has 0 fully saturated rings. The van der Waals surface area contributed by atoms with E-state index < -0.39 is 0 Å². The van der Waals surface area contributed by atoms with Gasteiger partial charge in [-0.05, 0) is 57.2 Å². The van der Waals surface area contributed by atoms with Crippen LogP contribution in [-0.4, -0.2) is 26.1 Å². The fourth-order valence-electron chi connectivity index (χ4n) is 3.68. The number of nitrogens with one attached hydrogen (secondary N) is 1. The Labute approximate surface area is 157 Å². The molecule has 27 heavy (non-hydrogen) atoms. The van der Waals surface area contributed by atoms with Crippen LogP contribution in [0.25, 0.3) is 5.52 Å². The second-order valence-electron chi connectivity index (χ2n) is 7.48. The number of carbonyl (C=O) groups is 1. The molecule has 0 atom stereocenters. The lowest BCUT2D eigenvalue weighted by atomic mass is 9.97. The van der Waals surface area contributed by atoms with Crippen LogP contribution in [0.4, 0.5) is 0 Å². The Balaban J connectivity index is 1.61. The van der Waals surface area contributed by atoms with Gasteiger partial charge in [0, 0.05) is 29.6 Å². The van der Waals surface area contributed by atoms with E-state index in [1.807, 2.05) is 32.2 Å². The Bertz CT molecular complexity index is 1040. The van der Waals surface area contributed by atoms with Crippen LogP contribution in [0.15, 0.2) is 41.5 Å². The summed E-state index contributed by atoms with van der Waals surface area (Å²) in [6.07, 6.45) is 7.78. The molecule has 6 nitrogen and oxygen atoms in total. The molecule has 0 spiro atoms. The fourth-order valence-corrected chi connectivity index (χ4v) is 3.68. The predicted octanol–water partition coefficient (Wildman–Crippen LogP) is 2.56. The monoisotopic (exact) mass is 364 g/mol. The van der Waals surface area contributed by atoms with Gasteiger partial charge < -0.3 is 9.88 Å². The molecule has 0 unspecified atom stereocenters. The highest BCUT2D eigenvalue weighted by Gasteiger charge is 2.19. The van der Waals surface area contributed by atoms with Crippen molar-refractivity contribution >= 4 is 11.4 Å². The van der Waals surface area contributed by atoms with Crippen LogP contribution in [0, 0.1) is 0 Å². The number of benzene rings is 1. The highest BCUT2D eigenvalue weighted by atomic mass is 16.1. The van der Waals surface area contributed by atoms with E-state index in [0.29, 0.717) is 17.6 Å². The lowest BCUT2D eigenvalue weighted by Crippen LogP contribution is -2.30. The summed E-state index contributed by atoms with van der Waals surface area (Å²) in [7, 11) is 0. The number of aromatic nitrogens is 3. The number of aryl methyl sites for hydroxylation is 2. The molecular formula is C21H24N4O2. The number of rotatable bonds is 4. The second kappa shape index (κ2) is 7.02. The number of hydrogen-bond donors (Lipinski definition) is 1. The summed E-state index contributed by atoms with van der Waals surface area (Å²) in [5, 5.41) is 7.46. The lowest BCUT2D eigenvalue weighted by Gasteiger charge is -2.10. The molecule has 0 aliphatic heterocycles. The van der Waals surface area contributed by atoms with Gasteiger partial charge in [0.1, 0.15) is 5.52 Å². The summed E-state index contributed by atoms with van der Waals surface area (Å²) in [4.78, 5) is 25.1. The van der Waals surface area contributed by atoms with Crippen LogP contribution >= 0.6 is 0 Å². The topological polar surface area (TPSA) is 68.4 Å². The Morgan fingerprint density at radius 3 is 2.63 bits per heavy atom. The lowest BCUT2D eigenvalue weighted by molar-refractivity contribution is 0.0943. The predicted molar refractivity (Wildman–Crippen MR) is 104 cm³/mol. The second-order valence-corrected chi connectivity index (χ2v) is 7.48. The Morgan fingerprint density at radius 2 is 1.89 bits per heavy atom. The average Bonchev–Trinajstić information content (AvgIpc) is 3.03. The minimum absolute atomic E-state index is 0.00484. The van der Waals surface area contributed by atoms with E-state index in [2.05, 4.69) is 10.4 Å². The molecule has 0 saturated heterocycles. The van der Waals surface area contributed by atoms with E-state index in [9.17, 15) is 9.59 Å². The van der Waals surface area contributed by atoms with Crippen molar-refractivity contribution in [3.63, 3.8) is 0 Å². The van der Waals surface area contributed by atoms with Crippen molar-refractivity contribution in [2.24, 2.45) is 0 Å². The summed E-state index contributed by atoms with van der Waals surface area (Å²) in [6, 6.07) is 7.51. The van der Waals surface area contributed by atoms with E-state index in [1.54, 1.807) is 27.4 Å². The maximum absolute atomic E-state index is 13.0. The first-order valence-corrected chi connectivity index (χ1v) is 9.52. The summed E-state index contributed by atoms with van der Waals surface area (Å²) < 4.78 is 3.45. The highest BCUT2D eigenvalue weighted by molar-refractivity contribution is 5.94. The molecular weight excluding hydrogens is 340 g/mol. The van der Waals surface area contributed by atoms with E-state index >= 15 is 0 Å². The number of hydrogen-bond acceptors (Lipinski definition) is 3. The smallest absolute Gasteiger partial charge is 0.277 e. The van der Waals surface area contributed by atoms with Crippen molar-refractivity contribution in [3.05, 3.63) is 69.4 Å². The van der Waals surface area contributed by atoms with Crippen LogP contribution in [0.5, 0.6) is 0 Å². The highest BCUT2D eigenvalue weighted by Crippen LogP contribution is 2.22. The Morgan fingerprint density at radius 1 is 1.15 bits per heavy atom. The van der Waals surface area contributed by atoms with Gasteiger partial charge in [-0.25, -0.2) is 4.52 Å². The van der Waals surface area contributed by atoms with Crippen molar-refractivity contribution < 1.29 is 4.79 Å². The first-order valence-electron chi connectivity index (χ1n) is 9.52. The molecule has 140 valence electrons. The van der Waals surface area contributed by atoms with Crippen LogP contribution in [0.2, 0.25) is 0 Å². The quantitative estimate of drug-likeness (QED) is 0.774. The standard InChI is InChI=1S/C21H24N4O2/c1-14(2)22-20(26)16-9-7-15(8-10-16)13-24-11-12-25-19(21(24)27)17-5-3-4-6-18(17)23-25/h7-12,14H,3-6,13H2,1-2H3,(H,22,26). The van der Waals surface area contributed by atoms with E-state index in [1.165, 1.54) is 0 Å². The molecule has 4 rings (SSSR count). The molecule has 6 heteroatoms. The minimum atomic E-state index is -0.0824. The van der Waals surface area contributed by atoms with Crippen molar-refractivity contribution in [1.29, 1.82) is 0 Å². The summed E-state index contributed by atoms with van der Waals surface area (Å²) in [6.45, 7) is 4.34. The molecule has 2 aromatic heterocycles. The van der Waals surface area contributed by atoms with E-state index in [-0.39, 0.29) is 17.5 Å². The van der Waals surface area contributed by atoms with Crippen LogP contribution in [-0.2, 0) is 19.4 Å². The van der Waals surface area contributed by atoms with Crippen molar-refractivity contribution in [1.82, 2.24) is 19.5 Å². The minimum Gasteiger partial charge on any atom is -0.350 e. The zero-order valence-corrected chi connectivity index (χ0v) is 15.7. The summed E-state index contributed by atoms with van der Waals surface area (Å²) in [5.41, 5.74) is 4.49. The fraction of sp³-hybridized carbons (Fsp3) is 0.381. The van der Waals surface area contributed by atoms with Gasteiger partial charge in [-0.15, -0.1) is 0 Å². The van der Waals surface area contributed by atoms with Crippen molar-refractivity contribution in [2.45, 2.75) is 52.1 Å². The SMILES string of the molecule is CC(C)NC(=O)c1ccc(Cn2ccn3nc4c(c3c2=O)CCCC4)cc1. The largest absolute Gasteiger partial charge is 0.350 e. The molecule has 1 N–H and O–H groups in total. The maximum atomic E-state index is 13.0. The summed E-state index contributed by atoms with van der Waals surface area (Å²) >= 11 is 0.